The van der Waals surface area contributed by atoms with Gasteiger partial charge >= 0.3 is 11.9 Å². The Balaban J connectivity index is 1.66. The molecule has 5 rings (SSSR count). The van der Waals surface area contributed by atoms with Crippen molar-refractivity contribution in [1.29, 1.82) is 0 Å². The number of nitrogens with zero attached hydrogens (tertiary/aromatic N) is 4. The van der Waals surface area contributed by atoms with Crippen LogP contribution in [-0.2, 0) is 12.8 Å². The third-order valence-corrected chi connectivity index (χ3v) is 7.61. The molecule has 218 valence electrons. The van der Waals surface area contributed by atoms with E-state index in [9.17, 15) is 28.1 Å². The third kappa shape index (κ3) is 6.63. The first kappa shape index (κ1) is 30.4. The van der Waals surface area contributed by atoms with Crippen LogP contribution in [0.4, 0.5) is 18.9 Å². The molecular weight excluding hydrogens is 721 g/mol. The molecule has 4 aromatic carbocycles. The first-order chi connectivity index (χ1) is 20.4. The molecule has 0 aliphatic heterocycles. The zero-order chi connectivity index (χ0) is 30.9. The van der Waals surface area contributed by atoms with Gasteiger partial charge in [-0.15, -0.1) is 0 Å². The monoisotopic (exact) mass is 734 g/mol. The van der Waals surface area contributed by atoms with Crippen molar-refractivity contribution in [2.75, 3.05) is 0 Å². The minimum absolute atomic E-state index is 0.00703. The Labute approximate surface area is 262 Å². The first-order valence-corrected chi connectivity index (χ1v) is 14.2. The van der Waals surface area contributed by atoms with E-state index in [4.69, 9.17) is 16.3 Å². The van der Waals surface area contributed by atoms with Crippen LogP contribution in [0.5, 0.6) is 5.75 Å². The van der Waals surface area contributed by atoms with Gasteiger partial charge in [0.05, 0.1) is 27.6 Å². The van der Waals surface area contributed by atoms with Gasteiger partial charge in [-0.2, -0.15) is 22.9 Å². The molecule has 0 aliphatic carbocycles. The van der Waals surface area contributed by atoms with Gasteiger partial charge in [-0.25, -0.2) is 4.98 Å². The van der Waals surface area contributed by atoms with Crippen molar-refractivity contribution < 1.29 is 22.8 Å². The SMILES string of the molecule is O=c1c2ccccc2nc(-c2cccc(C(F)(F)F)c2)n1N=Cc1cc(Cl)cc([N+](=O)[O-])c1OCc1ccc(Br)cc1Br. The maximum Gasteiger partial charge on any atom is 0.416 e. The molecule has 0 saturated heterocycles. The highest BCUT2D eigenvalue weighted by Gasteiger charge is 2.31. The molecule has 5 aromatic rings. The Morgan fingerprint density at radius 1 is 1.05 bits per heavy atom. The molecule has 0 unspecified atom stereocenters. The van der Waals surface area contributed by atoms with Gasteiger partial charge in [-0.05, 0) is 42.5 Å². The van der Waals surface area contributed by atoms with Gasteiger partial charge in [0.15, 0.2) is 5.82 Å². The lowest BCUT2D eigenvalue weighted by atomic mass is 10.1. The number of nitro groups is 1. The Kier molecular flexibility index (Phi) is 8.67. The molecule has 1 heterocycles. The summed E-state index contributed by atoms with van der Waals surface area (Å²) in [6, 6.07) is 18.4. The second-order valence-corrected chi connectivity index (χ2v) is 11.2. The van der Waals surface area contributed by atoms with Crippen LogP contribution in [-0.4, -0.2) is 20.8 Å². The van der Waals surface area contributed by atoms with E-state index in [0.29, 0.717) is 10.0 Å². The topological polar surface area (TPSA) is 99.6 Å². The quantitative estimate of drug-likeness (QED) is 0.0947. The molecule has 8 nitrogen and oxygen atoms in total. The molecular formula is C29H16Br2ClF3N4O4. The molecule has 1 aromatic heterocycles. The van der Waals surface area contributed by atoms with E-state index >= 15 is 0 Å². The number of para-hydroxylation sites is 1. The van der Waals surface area contributed by atoms with Crippen LogP contribution in [0.15, 0.2) is 97.7 Å². The van der Waals surface area contributed by atoms with E-state index in [1.165, 1.54) is 24.3 Å². The molecule has 0 amide bonds. The number of halogens is 6. The highest BCUT2D eigenvalue weighted by Crippen LogP contribution is 2.36. The number of nitro benzene ring substituents is 1. The van der Waals surface area contributed by atoms with E-state index in [1.807, 2.05) is 0 Å². The average molecular weight is 737 g/mol. The Hall–Kier alpha value is -4.07. The normalized spacial score (nSPS) is 11.8. The maximum atomic E-state index is 13.5. The Bertz CT molecular complexity index is 1980. The standard InChI is InChI=1S/C29H16Br2ClF3N4O4/c30-20-9-8-17(23(31)12-20)15-43-26-18(11-21(32)13-25(26)39(41)42)14-36-38-27(16-4-3-5-19(10-16)29(33,34)35)37-24-7-2-1-6-22(24)28(38)40/h1-14H,15H2. The molecule has 0 radical (unpaired) electrons. The fourth-order valence-electron chi connectivity index (χ4n) is 4.15. The summed E-state index contributed by atoms with van der Waals surface area (Å²) in [5, 5.41) is 16.3. The highest BCUT2D eigenvalue weighted by molar-refractivity contribution is 9.11. The van der Waals surface area contributed by atoms with E-state index in [0.717, 1.165) is 33.6 Å². The zero-order valence-electron chi connectivity index (χ0n) is 21.5. The summed E-state index contributed by atoms with van der Waals surface area (Å²) in [5.41, 5.74) is -1.13. The third-order valence-electron chi connectivity index (χ3n) is 6.16. The van der Waals surface area contributed by atoms with E-state index in [1.54, 1.807) is 36.4 Å². The van der Waals surface area contributed by atoms with Gasteiger partial charge in [-0.1, -0.05) is 73.8 Å². The number of alkyl halides is 3. The van der Waals surface area contributed by atoms with Crippen molar-refractivity contribution in [3.05, 3.63) is 130 Å². The number of benzene rings is 4. The first-order valence-electron chi connectivity index (χ1n) is 12.2. The van der Waals surface area contributed by atoms with Crippen molar-refractivity contribution >= 4 is 66.3 Å². The van der Waals surface area contributed by atoms with Gasteiger partial charge in [-0.3, -0.25) is 14.9 Å². The van der Waals surface area contributed by atoms with Gasteiger partial charge in [0.25, 0.3) is 5.56 Å². The van der Waals surface area contributed by atoms with Crippen molar-refractivity contribution in [1.82, 2.24) is 9.66 Å². The second-order valence-electron chi connectivity index (χ2n) is 9.02. The lowest BCUT2D eigenvalue weighted by Gasteiger charge is -2.13. The van der Waals surface area contributed by atoms with E-state index < -0.39 is 27.9 Å². The predicted octanol–water partition coefficient (Wildman–Crippen LogP) is 8.63. The molecule has 0 bridgehead atoms. The predicted molar refractivity (Wildman–Crippen MR) is 164 cm³/mol. The average Bonchev–Trinajstić information content (AvgIpc) is 2.96. The number of rotatable bonds is 7. The maximum absolute atomic E-state index is 13.5. The summed E-state index contributed by atoms with van der Waals surface area (Å²) in [4.78, 5) is 29.2. The van der Waals surface area contributed by atoms with Gasteiger partial charge in [0.1, 0.15) is 6.61 Å². The summed E-state index contributed by atoms with van der Waals surface area (Å²) < 4.78 is 48.7. The van der Waals surface area contributed by atoms with Gasteiger partial charge in [0, 0.05) is 36.7 Å². The number of ether oxygens (including phenoxy) is 1. The highest BCUT2D eigenvalue weighted by atomic mass is 79.9. The van der Waals surface area contributed by atoms with Crippen molar-refractivity contribution in [3.63, 3.8) is 0 Å². The van der Waals surface area contributed by atoms with Crippen LogP contribution in [0.3, 0.4) is 0 Å². The minimum atomic E-state index is -4.64. The molecule has 14 heteroatoms. The number of hydrogen-bond acceptors (Lipinski definition) is 6. The summed E-state index contributed by atoms with van der Waals surface area (Å²) in [7, 11) is 0. The number of aromatic nitrogens is 2. The van der Waals surface area contributed by atoms with Crippen molar-refractivity contribution in [2.45, 2.75) is 12.8 Å². The largest absolute Gasteiger partial charge is 0.481 e. The van der Waals surface area contributed by atoms with Crippen LogP contribution < -0.4 is 10.3 Å². The number of fused-ring (bicyclic) bond motifs is 1. The fraction of sp³-hybridized carbons (Fsp3) is 0.0690. The minimum Gasteiger partial charge on any atom is -0.481 e. The van der Waals surface area contributed by atoms with Crippen LogP contribution in [0.2, 0.25) is 5.02 Å². The molecule has 0 saturated carbocycles. The molecule has 0 fully saturated rings. The Morgan fingerprint density at radius 2 is 1.81 bits per heavy atom. The summed E-state index contributed by atoms with van der Waals surface area (Å²) >= 11 is 13.0. The van der Waals surface area contributed by atoms with Gasteiger partial charge < -0.3 is 4.74 Å². The molecule has 0 aliphatic rings. The van der Waals surface area contributed by atoms with Crippen LogP contribution in [0.1, 0.15) is 16.7 Å². The summed E-state index contributed by atoms with van der Waals surface area (Å²) in [6.45, 7) is -0.0792. The van der Waals surface area contributed by atoms with E-state index in [2.05, 4.69) is 41.9 Å². The van der Waals surface area contributed by atoms with Crippen molar-refractivity contribution in [2.24, 2.45) is 5.10 Å². The molecule has 0 N–H and O–H groups in total. The smallest absolute Gasteiger partial charge is 0.416 e. The molecule has 0 spiro atoms. The van der Waals surface area contributed by atoms with Crippen LogP contribution >= 0.6 is 43.5 Å². The van der Waals surface area contributed by atoms with Crippen LogP contribution in [0, 0.1) is 10.1 Å². The Morgan fingerprint density at radius 3 is 2.53 bits per heavy atom. The molecule has 43 heavy (non-hydrogen) atoms. The van der Waals surface area contributed by atoms with Gasteiger partial charge in [0.2, 0.25) is 5.75 Å². The molecule has 0 atom stereocenters. The van der Waals surface area contributed by atoms with Crippen LogP contribution in [0.25, 0.3) is 22.3 Å². The lowest BCUT2D eigenvalue weighted by Crippen LogP contribution is -2.20. The summed E-state index contributed by atoms with van der Waals surface area (Å²) in [6.07, 6.45) is -3.53. The second kappa shape index (κ2) is 12.3. The zero-order valence-corrected chi connectivity index (χ0v) is 25.4. The lowest BCUT2D eigenvalue weighted by molar-refractivity contribution is -0.385. The van der Waals surface area contributed by atoms with Crippen molar-refractivity contribution in [3.8, 4) is 17.1 Å². The number of hydrogen-bond donors (Lipinski definition) is 0. The van der Waals surface area contributed by atoms with E-state index in [-0.39, 0.29) is 45.2 Å². The summed E-state index contributed by atoms with van der Waals surface area (Å²) in [5.74, 6) is -0.362. The fourth-order valence-corrected chi connectivity index (χ4v) is 5.53.